The van der Waals surface area contributed by atoms with Gasteiger partial charge in [0.2, 0.25) is 0 Å². The Bertz CT molecular complexity index is 83.0. The topological polar surface area (TPSA) is 44.5 Å². The molecule has 0 aromatic heterocycles. The van der Waals surface area contributed by atoms with Crippen LogP contribution in [0.25, 0.3) is 0 Å². The molecule has 0 heterocycles. The molecule has 0 aliphatic rings. The van der Waals surface area contributed by atoms with Crippen LogP contribution in [0.4, 0.5) is 0 Å². The summed E-state index contributed by atoms with van der Waals surface area (Å²) in [7, 11) is 1.65. The second kappa shape index (κ2) is 6.85. The number of hydrogen-bond acceptors (Lipinski definition) is 3. The Hall–Kier alpha value is 0.170. The molecule has 0 rings (SSSR count). The predicted molar refractivity (Wildman–Crippen MR) is 48.2 cm³/mol. The molecule has 0 saturated heterocycles. The maximum atomic E-state index is 5.65. The summed E-state index contributed by atoms with van der Waals surface area (Å²) < 4.78 is 9.98. The first-order chi connectivity index (χ1) is 4.56. The SMILES string of the molecule is COCCOCC(C)(C)N.Cl. The van der Waals surface area contributed by atoms with E-state index in [0.29, 0.717) is 19.8 Å². The van der Waals surface area contributed by atoms with E-state index in [1.54, 1.807) is 7.11 Å². The van der Waals surface area contributed by atoms with Gasteiger partial charge in [0.05, 0.1) is 19.8 Å². The minimum absolute atomic E-state index is 0. The lowest BCUT2D eigenvalue weighted by Crippen LogP contribution is -2.37. The van der Waals surface area contributed by atoms with Gasteiger partial charge in [0.1, 0.15) is 0 Å². The molecule has 0 amide bonds. The van der Waals surface area contributed by atoms with E-state index in [9.17, 15) is 0 Å². The zero-order valence-corrected chi connectivity index (χ0v) is 8.24. The second-order valence-corrected chi connectivity index (χ2v) is 3.03. The van der Waals surface area contributed by atoms with Crippen LogP contribution in [0.15, 0.2) is 0 Å². The first-order valence-electron chi connectivity index (χ1n) is 3.42. The molecular weight excluding hydrogens is 166 g/mol. The lowest BCUT2D eigenvalue weighted by molar-refractivity contribution is 0.0503. The fraction of sp³-hybridized carbons (Fsp3) is 1.00. The van der Waals surface area contributed by atoms with E-state index >= 15 is 0 Å². The van der Waals surface area contributed by atoms with E-state index in [0.717, 1.165) is 0 Å². The van der Waals surface area contributed by atoms with Crippen molar-refractivity contribution < 1.29 is 9.47 Å². The monoisotopic (exact) mass is 183 g/mol. The van der Waals surface area contributed by atoms with Crippen molar-refractivity contribution in [2.24, 2.45) is 5.73 Å². The van der Waals surface area contributed by atoms with Gasteiger partial charge in [0, 0.05) is 12.6 Å². The van der Waals surface area contributed by atoms with Crippen LogP contribution in [-0.4, -0.2) is 32.5 Å². The maximum Gasteiger partial charge on any atom is 0.0701 e. The Morgan fingerprint density at radius 2 is 1.82 bits per heavy atom. The molecule has 4 heteroatoms. The molecule has 0 saturated carbocycles. The van der Waals surface area contributed by atoms with Gasteiger partial charge in [-0.1, -0.05) is 0 Å². The quantitative estimate of drug-likeness (QED) is 0.642. The van der Waals surface area contributed by atoms with Crippen molar-refractivity contribution in [3.05, 3.63) is 0 Å². The molecule has 0 aromatic carbocycles. The van der Waals surface area contributed by atoms with Gasteiger partial charge in [-0.15, -0.1) is 12.4 Å². The Kier molecular flexibility index (Phi) is 8.56. The Labute approximate surface area is 74.6 Å². The van der Waals surface area contributed by atoms with Crippen LogP contribution in [0.3, 0.4) is 0 Å². The van der Waals surface area contributed by atoms with Crippen LogP contribution in [-0.2, 0) is 9.47 Å². The van der Waals surface area contributed by atoms with Crippen LogP contribution >= 0.6 is 12.4 Å². The molecule has 3 nitrogen and oxygen atoms in total. The summed E-state index contributed by atoms with van der Waals surface area (Å²) in [6.45, 7) is 5.70. The molecule has 0 atom stereocenters. The largest absolute Gasteiger partial charge is 0.382 e. The van der Waals surface area contributed by atoms with E-state index in [1.165, 1.54) is 0 Å². The summed E-state index contributed by atoms with van der Waals surface area (Å²) in [6.07, 6.45) is 0. The zero-order valence-electron chi connectivity index (χ0n) is 7.42. The number of halogens is 1. The van der Waals surface area contributed by atoms with Crippen molar-refractivity contribution in [3.63, 3.8) is 0 Å². The summed E-state index contributed by atoms with van der Waals surface area (Å²) in [6, 6.07) is 0. The molecule has 11 heavy (non-hydrogen) atoms. The van der Waals surface area contributed by atoms with E-state index in [-0.39, 0.29) is 17.9 Å². The lowest BCUT2D eigenvalue weighted by atomic mass is 10.1. The zero-order chi connectivity index (χ0) is 8.04. The maximum absolute atomic E-state index is 5.65. The number of hydrogen-bond donors (Lipinski definition) is 1. The van der Waals surface area contributed by atoms with Gasteiger partial charge in [-0.25, -0.2) is 0 Å². The summed E-state index contributed by atoms with van der Waals surface area (Å²) in [5.74, 6) is 0. The fourth-order valence-electron chi connectivity index (χ4n) is 0.477. The highest BCUT2D eigenvalue weighted by Crippen LogP contribution is 1.95. The summed E-state index contributed by atoms with van der Waals surface area (Å²) >= 11 is 0. The summed E-state index contributed by atoms with van der Waals surface area (Å²) in [4.78, 5) is 0. The average Bonchev–Trinajstić information content (AvgIpc) is 1.78. The van der Waals surface area contributed by atoms with Crippen LogP contribution in [0.2, 0.25) is 0 Å². The molecule has 0 aliphatic carbocycles. The van der Waals surface area contributed by atoms with Gasteiger partial charge in [0.25, 0.3) is 0 Å². The fourth-order valence-corrected chi connectivity index (χ4v) is 0.477. The van der Waals surface area contributed by atoms with Crippen LogP contribution in [0.5, 0.6) is 0 Å². The standard InChI is InChI=1S/C7H17NO2.ClH/c1-7(2,8)6-10-5-4-9-3;/h4-6,8H2,1-3H3;1H. The van der Waals surface area contributed by atoms with Crippen molar-refractivity contribution in [2.45, 2.75) is 19.4 Å². The van der Waals surface area contributed by atoms with Crippen molar-refractivity contribution in [1.82, 2.24) is 0 Å². The minimum atomic E-state index is -0.228. The first kappa shape index (κ1) is 13.7. The van der Waals surface area contributed by atoms with E-state index in [1.807, 2.05) is 13.8 Å². The molecule has 2 N–H and O–H groups in total. The minimum Gasteiger partial charge on any atom is -0.382 e. The van der Waals surface area contributed by atoms with Gasteiger partial charge in [-0.3, -0.25) is 0 Å². The molecule has 70 valence electrons. The highest BCUT2D eigenvalue weighted by molar-refractivity contribution is 5.85. The molecule has 0 radical (unpaired) electrons. The van der Waals surface area contributed by atoms with E-state index < -0.39 is 0 Å². The van der Waals surface area contributed by atoms with Gasteiger partial charge in [-0.2, -0.15) is 0 Å². The van der Waals surface area contributed by atoms with Crippen LogP contribution in [0.1, 0.15) is 13.8 Å². The van der Waals surface area contributed by atoms with Gasteiger partial charge in [0.15, 0.2) is 0 Å². The average molecular weight is 184 g/mol. The van der Waals surface area contributed by atoms with Gasteiger partial charge < -0.3 is 15.2 Å². The molecule has 0 bridgehead atoms. The van der Waals surface area contributed by atoms with Crippen molar-refractivity contribution in [3.8, 4) is 0 Å². The normalized spacial score (nSPS) is 10.9. The molecular formula is C7H18ClNO2. The Morgan fingerprint density at radius 3 is 2.18 bits per heavy atom. The molecule has 0 unspecified atom stereocenters. The van der Waals surface area contributed by atoms with E-state index in [4.69, 9.17) is 15.2 Å². The smallest absolute Gasteiger partial charge is 0.0701 e. The highest BCUT2D eigenvalue weighted by Gasteiger charge is 2.09. The summed E-state index contributed by atoms with van der Waals surface area (Å²) in [5.41, 5.74) is 5.42. The Balaban J connectivity index is 0. The third kappa shape index (κ3) is 13.2. The van der Waals surface area contributed by atoms with Crippen molar-refractivity contribution in [1.29, 1.82) is 0 Å². The number of methoxy groups -OCH3 is 1. The molecule has 0 fully saturated rings. The number of rotatable bonds is 5. The predicted octanol–water partition coefficient (Wildman–Crippen LogP) is 0.808. The van der Waals surface area contributed by atoms with Crippen molar-refractivity contribution in [2.75, 3.05) is 26.9 Å². The first-order valence-corrected chi connectivity index (χ1v) is 3.42. The molecule has 0 aliphatic heterocycles. The lowest BCUT2D eigenvalue weighted by Gasteiger charge is -2.17. The second-order valence-electron chi connectivity index (χ2n) is 3.03. The molecule has 0 aromatic rings. The van der Waals surface area contributed by atoms with Gasteiger partial charge >= 0.3 is 0 Å². The number of nitrogens with two attached hydrogens (primary N) is 1. The third-order valence-corrected chi connectivity index (χ3v) is 0.906. The molecule has 0 spiro atoms. The van der Waals surface area contributed by atoms with Gasteiger partial charge in [-0.05, 0) is 13.8 Å². The summed E-state index contributed by atoms with van der Waals surface area (Å²) in [5, 5.41) is 0. The highest BCUT2D eigenvalue weighted by atomic mass is 35.5. The van der Waals surface area contributed by atoms with Crippen LogP contribution in [0, 0.1) is 0 Å². The number of ether oxygens (including phenoxy) is 2. The van der Waals surface area contributed by atoms with Crippen molar-refractivity contribution >= 4 is 12.4 Å². The van der Waals surface area contributed by atoms with E-state index in [2.05, 4.69) is 0 Å². The Morgan fingerprint density at radius 1 is 1.27 bits per heavy atom. The van der Waals surface area contributed by atoms with Crippen LogP contribution < -0.4 is 5.73 Å². The third-order valence-electron chi connectivity index (χ3n) is 0.906.